The van der Waals surface area contributed by atoms with Gasteiger partial charge in [0.25, 0.3) is 0 Å². The molecule has 9 heteroatoms. The maximum absolute atomic E-state index is 14.0. The summed E-state index contributed by atoms with van der Waals surface area (Å²) < 4.78 is 30.9. The van der Waals surface area contributed by atoms with Crippen molar-refractivity contribution in [1.82, 2.24) is 5.32 Å². The third kappa shape index (κ3) is 3.26. The lowest BCUT2D eigenvalue weighted by Gasteiger charge is -2.23. The van der Waals surface area contributed by atoms with E-state index in [1.165, 1.54) is 6.07 Å². The lowest BCUT2D eigenvalue weighted by atomic mass is 9.77. The molecular weight excluding hydrogens is 453 g/mol. The van der Waals surface area contributed by atoms with Gasteiger partial charge in [-0.2, -0.15) is 0 Å². The van der Waals surface area contributed by atoms with E-state index in [0.717, 1.165) is 22.4 Å². The summed E-state index contributed by atoms with van der Waals surface area (Å²) in [6.45, 7) is 2.51. The van der Waals surface area contributed by atoms with Crippen LogP contribution in [0.2, 0.25) is 0 Å². The number of benzene rings is 3. The molecule has 0 radical (unpaired) electrons. The Labute approximate surface area is 200 Å². The van der Waals surface area contributed by atoms with E-state index >= 15 is 0 Å². The number of amides is 3. The Bertz CT molecular complexity index is 1380. The molecule has 2 N–H and O–H groups in total. The van der Waals surface area contributed by atoms with E-state index in [4.69, 9.17) is 14.2 Å². The zero-order valence-electron chi connectivity index (χ0n) is 18.9. The first kappa shape index (κ1) is 21.3. The minimum absolute atomic E-state index is 0.0995. The Morgan fingerprint density at radius 1 is 1.03 bits per heavy atom. The van der Waals surface area contributed by atoms with Gasteiger partial charge in [0.2, 0.25) is 12.7 Å². The Morgan fingerprint density at radius 3 is 2.69 bits per heavy atom. The standard InChI is InChI=1S/C26H22FN3O5/c1-15-6-7-18(27)19(10-15)29-25(32)28-8-9-30-20-5-3-2-4-16(20)26(24(30)31)13-33-21-12-23-22(11-17(21)26)34-14-35-23/h2-7,10-12H,8-9,13-14H2,1H3,(H2,28,29,32). The third-order valence-electron chi connectivity index (χ3n) is 6.63. The second-order valence-corrected chi connectivity index (χ2v) is 8.73. The summed E-state index contributed by atoms with van der Waals surface area (Å²) in [6, 6.07) is 15.1. The number of carbonyl (C=O) groups excluding carboxylic acids is 2. The van der Waals surface area contributed by atoms with Crippen LogP contribution in [-0.2, 0) is 10.2 Å². The largest absolute Gasteiger partial charge is 0.491 e. The molecule has 0 bridgehead atoms. The van der Waals surface area contributed by atoms with Crippen LogP contribution in [0.5, 0.6) is 17.2 Å². The first-order valence-corrected chi connectivity index (χ1v) is 11.3. The maximum atomic E-state index is 14.0. The van der Waals surface area contributed by atoms with Gasteiger partial charge in [0.15, 0.2) is 11.5 Å². The highest BCUT2D eigenvalue weighted by molar-refractivity contribution is 6.11. The average Bonchev–Trinajstić information content (AvgIpc) is 3.52. The molecule has 6 rings (SSSR count). The van der Waals surface area contributed by atoms with Crippen LogP contribution >= 0.6 is 0 Å². The van der Waals surface area contributed by atoms with E-state index in [1.54, 1.807) is 23.1 Å². The van der Waals surface area contributed by atoms with Crippen LogP contribution in [0.15, 0.2) is 54.6 Å². The number of para-hydroxylation sites is 1. The highest BCUT2D eigenvalue weighted by Gasteiger charge is 2.57. The molecule has 3 heterocycles. The summed E-state index contributed by atoms with van der Waals surface area (Å²) in [5.74, 6) is 1.12. The monoisotopic (exact) mass is 475 g/mol. The minimum atomic E-state index is -1.00. The van der Waals surface area contributed by atoms with Crippen molar-refractivity contribution < 1.29 is 28.2 Å². The molecule has 1 atom stereocenters. The summed E-state index contributed by atoms with van der Waals surface area (Å²) in [5, 5.41) is 5.23. The number of rotatable bonds is 4. The quantitative estimate of drug-likeness (QED) is 0.601. The Morgan fingerprint density at radius 2 is 1.83 bits per heavy atom. The Balaban J connectivity index is 1.23. The number of halogens is 1. The zero-order chi connectivity index (χ0) is 24.2. The summed E-state index contributed by atoms with van der Waals surface area (Å²) in [5.41, 5.74) is 2.27. The van der Waals surface area contributed by atoms with E-state index in [0.29, 0.717) is 17.2 Å². The molecule has 3 aliphatic rings. The molecule has 1 spiro atoms. The summed E-state index contributed by atoms with van der Waals surface area (Å²) >= 11 is 0. The van der Waals surface area contributed by atoms with Crippen molar-refractivity contribution in [3.05, 3.63) is 77.1 Å². The van der Waals surface area contributed by atoms with Crippen molar-refractivity contribution in [2.45, 2.75) is 12.3 Å². The van der Waals surface area contributed by atoms with Crippen LogP contribution in [0.4, 0.5) is 20.6 Å². The van der Waals surface area contributed by atoms with Gasteiger partial charge in [-0.25, -0.2) is 9.18 Å². The second kappa shape index (κ2) is 7.90. The Kier molecular flexibility index (Phi) is 4.80. The van der Waals surface area contributed by atoms with E-state index in [-0.39, 0.29) is 38.1 Å². The number of hydrogen-bond donors (Lipinski definition) is 2. The first-order chi connectivity index (χ1) is 17.0. The molecule has 1 unspecified atom stereocenters. The number of ether oxygens (including phenoxy) is 3. The number of aryl methyl sites for hydroxylation is 1. The number of carbonyl (C=O) groups is 2. The predicted octanol–water partition coefficient (Wildman–Crippen LogP) is 3.71. The molecular formula is C26H22FN3O5. The molecule has 35 heavy (non-hydrogen) atoms. The van der Waals surface area contributed by atoms with Crippen molar-refractivity contribution in [2.75, 3.05) is 36.7 Å². The third-order valence-corrected chi connectivity index (χ3v) is 6.63. The number of fused-ring (bicyclic) bond motifs is 5. The molecule has 0 aromatic heterocycles. The van der Waals surface area contributed by atoms with E-state index < -0.39 is 17.3 Å². The second-order valence-electron chi connectivity index (χ2n) is 8.73. The number of nitrogens with zero attached hydrogens (tertiary/aromatic N) is 1. The van der Waals surface area contributed by atoms with Gasteiger partial charge in [-0.1, -0.05) is 24.3 Å². The van der Waals surface area contributed by atoms with Crippen LogP contribution in [0.1, 0.15) is 16.7 Å². The smallest absolute Gasteiger partial charge is 0.319 e. The lowest BCUT2D eigenvalue weighted by Crippen LogP contribution is -2.45. The van der Waals surface area contributed by atoms with Crippen LogP contribution in [0, 0.1) is 12.7 Å². The summed E-state index contributed by atoms with van der Waals surface area (Å²) in [4.78, 5) is 27.9. The van der Waals surface area contributed by atoms with Gasteiger partial charge >= 0.3 is 6.03 Å². The Hall–Kier alpha value is -4.27. The fourth-order valence-corrected chi connectivity index (χ4v) is 4.97. The molecule has 8 nitrogen and oxygen atoms in total. The van der Waals surface area contributed by atoms with Gasteiger partial charge in [0.05, 0.1) is 5.69 Å². The van der Waals surface area contributed by atoms with Crippen molar-refractivity contribution in [2.24, 2.45) is 0 Å². The van der Waals surface area contributed by atoms with E-state index in [1.807, 2.05) is 37.3 Å². The first-order valence-electron chi connectivity index (χ1n) is 11.3. The van der Waals surface area contributed by atoms with Gasteiger partial charge in [0.1, 0.15) is 23.6 Å². The molecule has 0 fully saturated rings. The lowest BCUT2D eigenvalue weighted by molar-refractivity contribution is -0.122. The molecule has 0 saturated carbocycles. The van der Waals surface area contributed by atoms with Crippen molar-refractivity contribution in [3.63, 3.8) is 0 Å². The van der Waals surface area contributed by atoms with Gasteiger partial charge in [-0.3, -0.25) is 4.79 Å². The zero-order valence-corrected chi connectivity index (χ0v) is 18.9. The molecule has 3 aromatic rings. The molecule has 3 aliphatic heterocycles. The van der Waals surface area contributed by atoms with E-state index in [2.05, 4.69) is 10.6 Å². The van der Waals surface area contributed by atoms with E-state index in [9.17, 15) is 14.0 Å². The normalized spacial score (nSPS) is 18.9. The maximum Gasteiger partial charge on any atom is 0.319 e. The molecule has 3 aromatic carbocycles. The highest BCUT2D eigenvalue weighted by Crippen LogP contribution is 2.54. The predicted molar refractivity (Wildman–Crippen MR) is 126 cm³/mol. The number of anilines is 2. The van der Waals surface area contributed by atoms with Gasteiger partial charge < -0.3 is 29.7 Å². The SMILES string of the molecule is Cc1ccc(F)c(NC(=O)NCCN2C(=O)C3(COc4cc5c(cc43)OCO5)c3ccccc32)c1. The van der Waals surface area contributed by atoms with Crippen molar-refractivity contribution >= 4 is 23.3 Å². The highest BCUT2D eigenvalue weighted by atomic mass is 19.1. The number of hydrogen-bond acceptors (Lipinski definition) is 5. The van der Waals surface area contributed by atoms with Gasteiger partial charge in [-0.15, -0.1) is 0 Å². The number of nitrogens with one attached hydrogen (secondary N) is 2. The summed E-state index contributed by atoms with van der Waals surface area (Å²) in [6.07, 6.45) is 0. The molecule has 3 amide bonds. The number of urea groups is 1. The van der Waals surface area contributed by atoms with Gasteiger partial charge in [0, 0.05) is 30.4 Å². The van der Waals surface area contributed by atoms with Crippen LogP contribution in [0.25, 0.3) is 0 Å². The van der Waals surface area contributed by atoms with Crippen LogP contribution < -0.4 is 29.7 Å². The topological polar surface area (TPSA) is 89.1 Å². The van der Waals surface area contributed by atoms with Crippen molar-refractivity contribution in [3.8, 4) is 17.2 Å². The molecule has 0 aliphatic carbocycles. The molecule has 0 saturated heterocycles. The average molecular weight is 475 g/mol. The minimum Gasteiger partial charge on any atom is -0.491 e. The summed E-state index contributed by atoms with van der Waals surface area (Å²) in [7, 11) is 0. The van der Waals surface area contributed by atoms with Crippen molar-refractivity contribution in [1.29, 1.82) is 0 Å². The van der Waals surface area contributed by atoms with Crippen LogP contribution in [0.3, 0.4) is 0 Å². The fraction of sp³-hybridized carbons (Fsp3) is 0.231. The van der Waals surface area contributed by atoms with Gasteiger partial charge in [-0.05, 0) is 42.3 Å². The van der Waals surface area contributed by atoms with Crippen LogP contribution in [-0.4, -0.2) is 38.4 Å². The molecule has 178 valence electrons. The fourth-order valence-electron chi connectivity index (χ4n) is 4.97.